The van der Waals surface area contributed by atoms with Gasteiger partial charge in [-0.25, -0.2) is 4.99 Å². The molecule has 0 heterocycles. The van der Waals surface area contributed by atoms with E-state index in [0.717, 1.165) is 32.4 Å². The minimum atomic E-state index is 0.0102. The summed E-state index contributed by atoms with van der Waals surface area (Å²) < 4.78 is 5.00. The zero-order chi connectivity index (χ0) is 15.3. The van der Waals surface area contributed by atoms with Crippen molar-refractivity contribution in [2.24, 2.45) is 4.99 Å². The van der Waals surface area contributed by atoms with E-state index >= 15 is 0 Å². The van der Waals surface area contributed by atoms with Gasteiger partial charge >= 0.3 is 0 Å². The summed E-state index contributed by atoms with van der Waals surface area (Å²) in [6, 6.07) is 0.346. The molecule has 3 N–H and O–H groups in total. The summed E-state index contributed by atoms with van der Waals surface area (Å²) in [4.78, 5) is 16.2. The van der Waals surface area contributed by atoms with E-state index < -0.39 is 0 Å². The lowest BCUT2D eigenvalue weighted by atomic mass is 9.95. The van der Waals surface area contributed by atoms with Gasteiger partial charge in [-0.05, 0) is 26.2 Å². The van der Waals surface area contributed by atoms with Crippen molar-refractivity contribution in [3.8, 4) is 0 Å². The van der Waals surface area contributed by atoms with Gasteiger partial charge in [0.15, 0.2) is 5.96 Å². The van der Waals surface area contributed by atoms with E-state index in [-0.39, 0.29) is 12.5 Å². The molecule has 1 aliphatic carbocycles. The number of hydrogen-bond donors (Lipinski definition) is 3. The van der Waals surface area contributed by atoms with Crippen LogP contribution in [-0.4, -0.2) is 51.3 Å². The molecule has 0 aromatic carbocycles. The van der Waals surface area contributed by atoms with Crippen molar-refractivity contribution in [3.63, 3.8) is 0 Å². The van der Waals surface area contributed by atoms with Gasteiger partial charge in [0.1, 0.15) is 6.54 Å². The number of rotatable bonds is 8. The molecule has 0 saturated heterocycles. The number of ether oxygens (including phenoxy) is 1. The Balaban J connectivity index is 2.28. The van der Waals surface area contributed by atoms with Crippen molar-refractivity contribution in [1.82, 2.24) is 16.0 Å². The number of carbonyl (C=O) groups excluding carboxylic acids is 1. The third-order valence-corrected chi connectivity index (χ3v) is 3.51. The van der Waals surface area contributed by atoms with Gasteiger partial charge in [-0.15, -0.1) is 0 Å². The molecule has 122 valence electrons. The number of nitrogens with zero attached hydrogens (tertiary/aromatic N) is 1. The maximum atomic E-state index is 11.9. The summed E-state index contributed by atoms with van der Waals surface area (Å²) in [6.07, 6.45) is 6.85. The zero-order valence-electron chi connectivity index (χ0n) is 13.4. The van der Waals surface area contributed by atoms with Gasteiger partial charge in [-0.1, -0.05) is 19.3 Å². The van der Waals surface area contributed by atoms with Crippen LogP contribution < -0.4 is 16.0 Å². The normalized spacial score (nSPS) is 16.6. The van der Waals surface area contributed by atoms with Crippen molar-refractivity contribution in [2.75, 3.05) is 33.4 Å². The largest absolute Gasteiger partial charge is 0.385 e. The van der Waals surface area contributed by atoms with Crippen molar-refractivity contribution < 1.29 is 9.53 Å². The molecular formula is C15H30N4O2. The molecule has 0 atom stereocenters. The Morgan fingerprint density at radius 2 is 2.00 bits per heavy atom. The average molecular weight is 298 g/mol. The number of hydrogen-bond acceptors (Lipinski definition) is 3. The van der Waals surface area contributed by atoms with Crippen molar-refractivity contribution in [1.29, 1.82) is 0 Å². The molecule has 1 aliphatic rings. The van der Waals surface area contributed by atoms with Crippen LogP contribution in [0, 0.1) is 0 Å². The molecule has 1 amide bonds. The molecule has 0 radical (unpaired) electrons. The van der Waals surface area contributed by atoms with Gasteiger partial charge in [-0.2, -0.15) is 0 Å². The van der Waals surface area contributed by atoms with E-state index in [9.17, 15) is 4.79 Å². The van der Waals surface area contributed by atoms with Crippen molar-refractivity contribution in [2.45, 2.75) is 51.5 Å². The fourth-order valence-electron chi connectivity index (χ4n) is 2.44. The highest BCUT2D eigenvalue weighted by Gasteiger charge is 2.15. The molecule has 0 unspecified atom stereocenters. The van der Waals surface area contributed by atoms with Gasteiger partial charge in [-0.3, -0.25) is 4.79 Å². The Labute approximate surface area is 128 Å². The molecule has 0 aliphatic heterocycles. The third-order valence-electron chi connectivity index (χ3n) is 3.51. The van der Waals surface area contributed by atoms with Crippen LogP contribution in [0.15, 0.2) is 4.99 Å². The SMILES string of the molecule is CCNC(=NCC(=O)NC1CCCCC1)NCCCOC. The first-order valence-corrected chi connectivity index (χ1v) is 8.06. The molecule has 0 spiro atoms. The van der Waals surface area contributed by atoms with Crippen LogP contribution in [0.25, 0.3) is 0 Å². The third kappa shape index (κ3) is 8.55. The molecule has 1 fully saturated rings. The topological polar surface area (TPSA) is 74.8 Å². The van der Waals surface area contributed by atoms with Crippen LogP contribution >= 0.6 is 0 Å². The van der Waals surface area contributed by atoms with E-state index in [0.29, 0.717) is 18.6 Å². The number of nitrogens with one attached hydrogen (secondary N) is 3. The van der Waals surface area contributed by atoms with Gasteiger partial charge in [0, 0.05) is 32.8 Å². The number of methoxy groups -OCH3 is 1. The van der Waals surface area contributed by atoms with Crippen LogP contribution in [0.5, 0.6) is 0 Å². The average Bonchev–Trinajstić information content (AvgIpc) is 2.50. The number of aliphatic imine (C=N–C) groups is 1. The number of amides is 1. The number of guanidine groups is 1. The minimum Gasteiger partial charge on any atom is -0.385 e. The Kier molecular flexibility index (Phi) is 9.61. The van der Waals surface area contributed by atoms with E-state index in [2.05, 4.69) is 20.9 Å². The summed E-state index contributed by atoms with van der Waals surface area (Å²) in [7, 11) is 1.69. The quantitative estimate of drug-likeness (QED) is 0.355. The Morgan fingerprint density at radius 1 is 1.24 bits per heavy atom. The van der Waals surface area contributed by atoms with Crippen LogP contribution in [0.4, 0.5) is 0 Å². The second-order valence-corrected chi connectivity index (χ2v) is 5.37. The maximum absolute atomic E-state index is 11.9. The minimum absolute atomic E-state index is 0.0102. The molecular weight excluding hydrogens is 268 g/mol. The second kappa shape index (κ2) is 11.4. The zero-order valence-corrected chi connectivity index (χ0v) is 13.4. The molecule has 1 saturated carbocycles. The monoisotopic (exact) mass is 298 g/mol. The predicted molar refractivity (Wildman–Crippen MR) is 85.5 cm³/mol. The predicted octanol–water partition coefficient (Wildman–Crippen LogP) is 1.03. The second-order valence-electron chi connectivity index (χ2n) is 5.37. The van der Waals surface area contributed by atoms with E-state index in [1.54, 1.807) is 7.11 Å². The van der Waals surface area contributed by atoms with Gasteiger partial charge in [0.25, 0.3) is 0 Å². The molecule has 21 heavy (non-hydrogen) atoms. The molecule has 6 heteroatoms. The van der Waals surface area contributed by atoms with E-state index in [1.165, 1.54) is 19.3 Å². The molecule has 0 bridgehead atoms. The van der Waals surface area contributed by atoms with Crippen LogP contribution in [-0.2, 0) is 9.53 Å². The maximum Gasteiger partial charge on any atom is 0.242 e. The Bertz CT molecular complexity index is 315. The molecule has 0 aromatic heterocycles. The summed E-state index contributed by atoms with van der Waals surface area (Å²) in [5, 5.41) is 9.40. The van der Waals surface area contributed by atoms with E-state index in [4.69, 9.17) is 4.74 Å². The molecule has 6 nitrogen and oxygen atoms in total. The standard InChI is InChI=1S/C15H30N4O2/c1-3-16-15(17-10-7-11-21-2)18-12-14(20)19-13-8-5-4-6-9-13/h13H,3-12H2,1-2H3,(H,19,20)(H2,16,17,18). The van der Waals surface area contributed by atoms with Crippen LogP contribution in [0.1, 0.15) is 45.4 Å². The lowest BCUT2D eigenvalue weighted by Gasteiger charge is -2.22. The first-order chi connectivity index (χ1) is 10.3. The fraction of sp³-hybridized carbons (Fsp3) is 0.867. The Hall–Kier alpha value is -1.30. The Morgan fingerprint density at radius 3 is 2.67 bits per heavy atom. The fourth-order valence-corrected chi connectivity index (χ4v) is 2.44. The lowest BCUT2D eigenvalue weighted by Crippen LogP contribution is -2.41. The molecule has 0 aromatic rings. The number of carbonyl (C=O) groups is 1. The smallest absolute Gasteiger partial charge is 0.242 e. The van der Waals surface area contributed by atoms with Gasteiger partial charge < -0.3 is 20.7 Å². The summed E-state index contributed by atoms with van der Waals surface area (Å²) in [5.74, 6) is 0.698. The van der Waals surface area contributed by atoms with Crippen molar-refractivity contribution in [3.05, 3.63) is 0 Å². The summed E-state index contributed by atoms with van der Waals surface area (Å²) >= 11 is 0. The van der Waals surface area contributed by atoms with Gasteiger partial charge in [0.2, 0.25) is 5.91 Å². The van der Waals surface area contributed by atoms with E-state index in [1.807, 2.05) is 6.92 Å². The highest BCUT2D eigenvalue weighted by Crippen LogP contribution is 2.17. The summed E-state index contributed by atoms with van der Waals surface area (Å²) in [5.41, 5.74) is 0. The first kappa shape index (κ1) is 17.8. The van der Waals surface area contributed by atoms with Crippen LogP contribution in [0.2, 0.25) is 0 Å². The lowest BCUT2D eigenvalue weighted by molar-refractivity contribution is -0.120. The first-order valence-electron chi connectivity index (χ1n) is 8.06. The summed E-state index contributed by atoms with van der Waals surface area (Å²) in [6.45, 7) is 4.46. The highest BCUT2D eigenvalue weighted by molar-refractivity contribution is 5.84. The highest BCUT2D eigenvalue weighted by atomic mass is 16.5. The van der Waals surface area contributed by atoms with Crippen LogP contribution in [0.3, 0.4) is 0 Å². The van der Waals surface area contributed by atoms with Crippen molar-refractivity contribution >= 4 is 11.9 Å². The molecule has 1 rings (SSSR count). The van der Waals surface area contributed by atoms with Gasteiger partial charge in [0.05, 0.1) is 0 Å².